The van der Waals surface area contributed by atoms with Gasteiger partial charge in [-0.25, -0.2) is 13.2 Å². The van der Waals surface area contributed by atoms with Gasteiger partial charge in [-0.3, -0.25) is 14.4 Å². The number of amides is 3. The molecule has 3 atom stereocenters. The Hall–Kier alpha value is -3.40. The van der Waals surface area contributed by atoms with Gasteiger partial charge in [0.2, 0.25) is 17.7 Å². The largest absolute Gasteiger partial charge is 0.542 e. The molecule has 0 bridgehead atoms. The number of alkyl halides is 5. The lowest BCUT2D eigenvalue weighted by molar-refractivity contribution is -0.417. The van der Waals surface area contributed by atoms with Crippen LogP contribution in [0.3, 0.4) is 0 Å². The second-order valence-electron chi connectivity index (χ2n) is 11.1. The van der Waals surface area contributed by atoms with Crippen molar-refractivity contribution in [2.75, 3.05) is 38.5 Å². The highest BCUT2D eigenvalue weighted by atomic mass is 19.4. The van der Waals surface area contributed by atoms with E-state index in [9.17, 15) is 36.3 Å². The van der Waals surface area contributed by atoms with Crippen LogP contribution in [0.25, 0.3) is 0 Å². The number of rotatable bonds is 8. The molecule has 3 amide bonds. The first kappa shape index (κ1) is 36.8. The summed E-state index contributed by atoms with van der Waals surface area (Å²) in [6, 6.07) is 2.65. The number of piperazine rings is 1. The summed E-state index contributed by atoms with van der Waals surface area (Å²) in [6.45, 7) is 6.01. The number of likely N-dealkylation sites (N-methyl/N-ethyl adjacent to an activating group) is 1. The van der Waals surface area contributed by atoms with E-state index in [1.807, 2.05) is 7.05 Å². The summed E-state index contributed by atoms with van der Waals surface area (Å²) in [6.07, 6.45) is -5.15. The first-order valence-electron chi connectivity index (χ1n) is 14.2. The molecule has 2 aliphatic rings. The summed E-state index contributed by atoms with van der Waals surface area (Å²) in [5.41, 5.74) is 4.30. The SMILES string of the molecule is CCC(=O)N[C@@H](C(=O)N1CCN(C)CC1)[C@@H](C)c1ccc(NC(=O)[C@@H]([NH3+])C2CCC(F)(F)CC2)c(F)c1.O=C([O-])C(F)(F)F. The van der Waals surface area contributed by atoms with Crippen LogP contribution in [0.4, 0.5) is 32.0 Å². The highest BCUT2D eigenvalue weighted by molar-refractivity contribution is 5.94. The van der Waals surface area contributed by atoms with Gasteiger partial charge < -0.3 is 36.1 Å². The molecule has 44 heavy (non-hydrogen) atoms. The maximum absolute atomic E-state index is 15.0. The van der Waals surface area contributed by atoms with Gasteiger partial charge in [-0.1, -0.05) is 19.9 Å². The van der Waals surface area contributed by atoms with E-state index >= 15 is 4.39 Å². The number of nitrogens with one attached hydrogen (secondary N) is 2. The summed E-state index contributed by atoms with van der Waals surface area (Å²) in [7, 11) is 1.98. The number of carbonyl (C=O) groups excluding carboxylic acids is 4. The van der Waals surface area contributed by atoms with E-state index in [2.05, 4.69) is 21.3 Å². The minimum Gasteiger partial charge on any atom is -0.542 e. The number of benzene rings is 1. The van der Waals surface area contributed by atoms with Crippen molar-refractivity contribution in [3.8, 4) is 0 Å². The van der Waals surface area contributed by atoms with Crippen LogP contribution in [-0.2, 0) is 19.2 Å². The number of carboxylic acid groups (broad SMARTS) is 1. The molecule has 3 rings (SSSR count). The minimum absolute atomic E-state index is 0.0460. The van der Waals surface area contributed by atoms with Gasteiger partial charge in [-0.15, -0.1) is 0 Å². The van der Waals surface area contributed by atoms with Crippen LogP contribution in [0.5, 0.6) is 0 Å². The molecule has 1 heterocycles. The lowest BCUT2D eigenvalue weighted by Crippen LogP contribution is -2.70. The molecule has 10 nitrogen and oxygen atoms in total. The number of carboxylic acids is 1. The van der Waals surface area contributed by atoms with E-state index in [1.54, 1.807) is 24.8 Å². The van der Waals surface area contributed by atoms with Crippen LogP contribution in [0.2, 0.25) is 0 Å². The van der Waals surface area contributed by atoms with Gasteiger partial charge in [0.1, 0.15) is 17.8 Å². The normalized spacial score (nSPS) is 19.5. The Labute approximate surface area is 251 Å². The standard InChI is InChI=1S/C26H38F3N5O3.C2HF3O2/c1-4-21(35)32-23(25(37)34-13-11-33(3)12-14-34)16(2)18-5-6-20(19(27)15-18)31-24(36)22(30)17-7-9-26(28,29)10-8-17;3-2(4,5)1(6)7/h5-6,15-17,22-23H,4,7-14,30H2,1-3H3,(H,31,36)(H,32,35);(H,6,7)/t16-,22-,23+;/m0./s1. The second-order valence-corrected chi connectivity index (χ2v) is 11.1. The topological polar surface area (TPSA) is 150 Å². The molecule has 248 valence electrons. The van der Waals surface area contributed by atoms with Crippen molar-refractivity contribution >= 4 is 29.4 Å². The van der Waals surface area contributed by atoms with E-state index in [0.29, 0.717) is 18.7 Å². The molecule has 1 saturated heterocycles. The monoisotopic (exact) mass is 639 g/mol. The number of carbonyl (C=O) groups is 4. The summed E-state index contributed by atoms with van der Waals surface area (Å²) in [5, 5.41) is 14.1. The van der Waals surface area contributed by atoms with Crippen LogP contribution in [0.15, 0.2) is 18.2 Å². The molecular weight excluding hydrogens is 600 g/mol. The zero-order valence-corrected chi connectivity index (χ0v) is 24.8. The third kappa shape index (κ3) is 10.6. The molecular formula is C28H39F6N5O5. The Bertz CT molecular complexity index is 1170. The molecule has 0 spiro atoms. The van der Waals surface area contributed by atoms with Gasteiger partial charge in [-0.05, 0) is 37.6 Å². The van der Waals surface area contributed by atoms with E-state index in [-0.39, 0.29) is 55.5 Å². The fourth-order valence-corrected chi connectivity index (χ4v) is 4.91. The fourth-order valence-electron chi connectivity index (χ4n) is 4.91. The van der Waals surface area contributed by atoms with Crippen molar-refractivity contribution in [3.63, 3.8) is 0 Å². The number of nitrogens with zero attached hydrogens (tertiary/aromatic N) is 2. The Morgan fingerprint density at radius 2 is 1.64 bits per heavy atom. The molecule has 1 aliphatic carbocycles. The first-order valence-corrected chi connectivity index (χ1v) is 14.2. The molecule has 5 N–H and O–H groups in total. The zero-order chi connectivity index (χ0) is 33.4. The molecule has 16 heteroatoms. The second kappa shape index (κ2) is 15.5. The number of hydrogen-bond acceptors (Lipinski definition) is 6. The molecule has 1 aromatic rings. The number of anilines is 1. The Balaban J connectivity index is 0.000000860. The average Bonchev–Trinajstić information content (AvgIpc) is 2.95. The van der Waals surface area contributed by atoms with Gasteiger partial charge >= 0.3 is 6.18 Å². The van der Waals surface area contributed by atoms with Gasteiger partial charge in [-0.2, -0.15) is 13.2 Å². The van der Waals surface area contributed by atoms with E-state index in [0.717, 1.165) is 13.1 Å². The average molecular weight is 640 g/mol. The lowest BCUT2D eigenvalue weighted by Gasteiger charge is -2.36. The summed E-state index contributed by atoms with van der Waals surface area (Å²) >= 11 is 0. The van der Waals surface area contributed by atoms with Gasteiger partial charge in [0.15, 0.2) is 6.04 Å². The van der Waals surface area contributed by atoms with Crippen molar-refractivity contribution in [1.29, 1.82) is 0 Å². The number of quaternary nitrogens is 1. The van der Waals surface area contributed by atoms with E-state index in [4.69, 9.17) is 9.90 Å². The number of hydrogen-bond donors (Lipinski definition) is 3. The first-order chi connectivity index (χ1) is 20.4. The van der Waals surface area contributed by atoms with Gasteiger partial charge in [0, 0.05) is 57.3 Å². The third-order valence-corrected chi connectivity index (χ3v) is 7.89. The maximum atomic E-state index is 15.0. The van der Waals surface area contributed by atoms with Crippen molar-refractivity contribution in [3.05, 3.63) is 29.6 Å². The smallest absolute Gasteiger partial charge is 0.430 e. The maximum Gasteiger partial charge on any atom is 0.430 e. The highest BCUT2D eigenvalue weighted by Crippen LogP contribution is 2.37. The summed E-state index contributed by atoms with van der Waals surface area (Å²) < 4.78 is 73.5. The molecule has 0 radical (unpaired) electrons. The summed E-state index contributed by atoms with van der Waals surface area (Å²) in [4.78, 5) is 50.8. The van der Waals surface area contributed by atoms with Gasteiger partial charge in [0.05, 0.1) is 5.69 Å². The van der Waals surface area contributed by atoms with E-state index < -0.39 is 47.8 Å². The number of halogens is 6. The van der Waals surface area contributed by atoms with Crippen molar-refractivity contribution in [2.45, 2.75) is 76.1 Å². The fraction of sp³-hybridized carbons (Fsp3) is 0.643. The predicted molar refractivity (Wildman–Crippen MR) is 144 cm³/mol. The van der Waals surface area contributed by atoms with Crippen LogP contribution in [-0.4, -0.2) is 90.9 Å². The lowest BCUT2D eigenvalue weighted by atomic mass is 9.82. The highest BCUT2D eigenvalue weighted by Gasteiger charge is 2.40. The third-order valence-electron chi connectivity index (χ3n) is 7.89. The van der Waals surface area contributed by atoms with Crippen LogP contribution < -0.4 is 21.5 Å². The van der Waals surface area contributed by atoms with Crippen LogP contribution in [0.1, 0.15) is 57.4 Å². The summed E-state index contributed by atoms with van der Waals surface area (Å²) in [5.74, 6) is -8.21. The van der Waals surface area contributed by atoms with Crippen molar-refractivity contribution < 1.29 is 56.4 Å². The Morgan fingerprint density at radius 1 is 1.09 bits per heavy atom. The molecule has 2 fully saturated rings. The number of aliphatic carboxylic acids is 1. The van der Waals surface area contributed by atoms with Gasteiger partial charge in [0.25, 0.3) is 5.91 Å². The van der Waals surface area contributed by atoms with E-state index in [1.165, 1.54) is 12.1 Å². The molecule has 0 aromatic heterocycles. The van der Waals surface area contributed by atoms with Crippen molar-refractivity contribution in [1.82, 2.24) is 15.1 Å². The Kier molecular flexibility index (Phi) is 13.0. The van der Waals surface area contributed by atoms with Crippen LogP contribution >= 0.6 is 0 Å². The van der Waals surface area contributed by atoms with Crippen molar-refractivity contribution in [2.24, 2.45) is 5.92 Å². The quantitative estimate of drug-likeness (QED) is 0.365. The molecule has 1 saturated carbocycles. The molecule has 1 aliphatic heterocycles. The zero-order valence-electron chi connectivity index (χ0n) is 24.8. The molecule has 0 unspecified atom stereocenters. The minimum atomic E-state index is -5.19. The Morgan fingerprint density at radius 3 is 2.11 bits per heavy atom. The predicted octanol–water partition coefficient (Wildman–Crippen LogP) is 1.27. The molecule has 1 aromatic carbocycles. The van der Waals surface area contributed by atoms with Crippen LogP contribution in [0, 0.1) is 11.7 Å².